The molecule has 0 spiro atoms. The lowest BCUT2D eigenvalue weighted by molar-refractivity contribution is 0.627. The molecule has 0 heterocycles. The van der Waals surface area contributed by atoms with E-state index in [4.69, 9.17) is 0 Å². The van der Waals surface area contributed by atoms with Crippen LogP contribution in [0.4, 0.5) is 8.78 Å². The van der Waals surface area contributed by atoms with E-state index >= 15 is 0 Å². The van der Waals surface area contributed by atoms with E-state index < -0.39 is 0 Å². The maximum Gasteiger partial charge on any atom is 0.131 e. The molecule has 0 aliphatic heterocycles. The Morgan fingerprint density at radius 2 is 1.28 bits per heavy atom. The summed E-state index contributed by atoms with van der Waals surface area (Å²) in [6, 6.07) is 18.6. The van der Waals surface area contributed by atoms with Crippen LogP contribution in [0.25, 0.3) is 11.1 Å². The first kappa shape index (κ1) is 16.7. The van der Waals surface area contributed by atoms with Gasteiger partial charge in [-0.3, -0.25) is 0 Å². The Hall–Kier alpha value is -3.14. The van der Waals surface area contributed by atoms with Crippen LogP contribution in [0.15, 0.2) is 76.9 Å². The SMILES string of the molecule is Cc1ccc(-c2ccc(/C=N\N=C/c3ccc(F)cc3)cc2)c(F)c1. The smallest absolute Gasteiger partial charge is 0.131 e. The van der Waals surface area contributed by atoms with Crippen molar-refractivity contribution in [2.45, 2.75) is 6.92 Å². The summed E-state index contributed by atoms with van der Waals surface area (Å²) in [6.45, 7) is 1.86. The second kappa shape index (κ2) is 7.62. The molecule has 0 bridgehead atoms. The highest BCUT2D eigenvalue weighted by atomic mass is 19.1. The Morgan fingerprint density at radius 1 is 0.720 bits per heavy atom. The monoisotopic (exact) mass is 334 g/mol. The molecule has 4 heteroatoms. The first-order valence-electron chi connectivity index (χ1n) is 7.80. The fourth-order valence-electron chi connectivity index (χ4n) is 2.35. The average Bonchev–Trinajstić information content (AvgIpc) is 2.61. The fourth-order valence-corrected chi connectivity index (χ4v) is 2.35. The van der Waals surface area contributed by atoms with Crippen molar-refractivity contribution in [3.05, 3.63) is 95.1 Å². The molecule has 124 valence electrons. The lowest BCUT2D eigenvalue weighted by Gasteiger charge is -2.04. The lowest BCUT2D eigenvalue weighted by atomic mass is 10.0. The van der Waals surface area contributed by atoms with Crippen molar-refractivity contribution in [2.24, 2.45) is 10.2 Å². The summed E-state index contributed by atoms with van der Waals surface area (Å²) < 4.78 is 26.8. The highest BCUT2D eigenvalue weighted by Gasteiger charge is 2.04. The zero-order chi connectivity index (χ0) is 17.6. The lowest BCUT2D eigenvalue weighted by Crippen LogP contribution is -1.87. The molecule has 0 aliphatic carbocycles. The number of hydrogen-bond acceptors (Lipinski definition) is 2. The Morgan fingerprint density at radius 3 is 1.84 bits per heavy atom. The summed E-state index contributed by atoms with van der Waals surface area (Å²) in [5.41, 5.74) is 3.90. The maximum absolute atomic E-state index is 14.0. The van der Waals surface area contributed by atoms with Gasteiger partial charge in [-0.15, -0.1) is 0 Å². The minimum Gasteiger partial charge on any atom is -0.207 e. The highest BCUT2D eigenvalue weighted by Crippen LogP contribution is 2.23. The normalized spacial score (nSPS) is 11.5. The third kappa shape index (κ3) is 4.44. The van der Waals surface area contributed by atoms with Crippen molar-refractivity contribution in [3.8, 4) is 11.1 Å². The number of aryl methyl sites for hydroxylation is 1. The molecule has 0 radical (unpaired) electrons. The van der Waals surface area contributed by atoms with Gasteiger partial charge in [0.15, 0.2) is 0 Å². The van der Waals surface area contributed by atoms with Crippen molar-refractivity contribution in [1.82, 2.24) is 0 Å². The number of halogens is 2. The zero-order valence-electron chi connectivity index (χ0n) is 13.7. The molecule has 0 saturated heterocycles. The van der Waals surface area contributed by atoms with Gasteiger partial charge in [-0.05, 0) is 47.4 Å². The van der Waals surface area contributed by atoms with Gasteiger partial charge < -0.3 is 0 Å². The predicted molar refractivity (Wildman–Crippen MR) is 98.2 cm³/mol. The van der Waals surface area contributed by atoms with Gasteiger partial charge in [-0.2, -0.15) is 10.2 Å². The van der Waals surface area contributed by atoms with Gasteiger partial charge in [-0.25, -0.2) is 8.78 Å². The van der Waals surface area contributed by atoms with Gasteiger partial charge >= 0.3 is 0 Å². The van der Waals surface area contributed by atoms with Crippen molar-refractivity contribution in [2.75, 3.05) is 0 Å². The van der Waals surface area contributed by atoms with E-state index in [0.717, 1.165) is 22.3 Å². The molecule has 0 unspecified atom stereocenters. The van der Waals surface area contributed by atoms with Crippen molar-refractivity contribution < 1.29 is 8.78 Å². The molecular formula is C21H16F2N2. The van der Waals surface area contributed by atoms with Crippen LogP contribution in [-0.2, 0) is 0 Å². The fraction of sp³-hybridized carbons (Fsp3) is 0.0476. The van der Waals surface area contributed by atoms with Gasteiger partial charge in [0.2, 0.25) is 0 Å². The minimum absolute atomic E-state index is 0.231. The van der Waals surface area contributed by atoms with Crippen LogP contribution in [0.3, 0.4) is 0 Å². The molecule has 0 amide bonds. The molecule has 0 aromatic heterocycles. The average molecular weight is 334 g/mol. The standard InChI is InChI=1S/C21H16F2N2/c1-15-2-11-20(21(23)12-15)18-7-3-16(4-8-18)13-24-25-14-17-5-9-19(22)10-6-17/h2-14H,1H3/b24-13-,25-14-. The second-order valence-electron chi connectivity index (χ2n) is 5.65. The molecule has 0 aliphatic rings. The molecule has 2 nitrogen and oxygen atoms in total. The van der Waals surface area contributed by atoms with E-state index in [0.29, 0.717) is 5.56 Å². The van der Waals surface area contributed by atoms with E-state index in [1.165, 1.54) is 18.2 Å². The third-order valence-corrected chi connectivity index (χ3v) is 3.70. The summed E-state index contributed by atoms with van der Waals surface area (Å²) in [5, 5.41) is 7.90. The molecule has 0 fully saturated rings. The summed E-state index contributed by atoms with van der Waals surface area (Å²) in [5.74, 6) is -0.518. The van der Waals surface area contributed by atoms with Gasteiger partial charge in [0.25, 0.3) is 0 Å². The van der Waals surface area contributed by atoms with E-state index in [1.807, 2.05) is 37.3 Å². The first-order valence-corrected chi connectivity index (χ1v) is 7.80. The predicted octanol–water partition coefficient (Wildman–Crippen LogP) is 5.39. The van der Waals surface area contributed by atoms with E-state index in [-0.39, 0.29) is 11.6 Å². The van der Waals surface area contributed by atoms with Gasteiger partial charge in [0, 0.05) is 5.56 Å². The van der Waals surface area contributed by atoms with Crippen molar-refractivity contribution >= 4 is 12.4 Å². The maximum atomic E-state index is 14.0. The molecular weight excluding hydrogens is 318 g/mol. The summed E-state index contributed by atoms with van der Waals surface area (Å²) in [7, 11) is 0. The molecule has 0 atom stereocenters. The van der Waals surface area contributed by atoms with Gasteiger partial charge in [0.05, 0.1) is 12.4 Å². The molecule has 3 rings (SSSR count). The Kier molecular flexibility index (Phi) is 5.09. The topological polar surface area (TPSA) is 24.7 Å². The molecule has 25 heavy (non-hydrogen) atoms. The van der Waals surface area contributed by atoms with E-state index in [2.05, 4.69) is 10.2 Å². The Balaban J connectivity index is 1.69. The molecule has 0 N–H and O–H groups in total. The van der Waals surface area contributed by atoms with Gasteiger partial charge in [-0.1, -0.05) is 48.5 Å². The third-order valence-electron chi connectivity index (χ3n) is 3.70. The van der Waals surface area contributed by atoms with Crippen LogP contribution >= 0.6 is 0 Å². The zero-order valence-corrected chi connectivity index (χ0v) is 13.7. The van der Waals surface area contributed by atoms with Crippen LogP contribution < -0.4 is 0 Å². The minimum atomic E-state index is -0.286. The number of rotatable bonds is 4. The Labute approximate surface area is 145 Å². The number of nitrogens with zero attached hydrogens (tertiary/aromatic N) is 2. The van der Waals surface area contributed by atoms with Crippen LogP contribution in [-0.4, -0.2) is 12.4 Å². The van der Waals surface area contributed by atoms with Crippen LogP contribution in [0, 0.1) is 18.6 Å². The summed E-state index contributed by atoms with van der Waals surface area (Å²) in [6.07, 6.45) is 3.15. The van der Waals surface area contributed by atoms with Crippen LogP contribution in [0.2, 0.25) is 0 Å². The Bertz CT molecular complexity index is 912. The first-order chi connectivity index (χ1) is 12.1. The number of hydrogen-bond donors (Lipinski definition) is 0. The molecule has 3 aromatic carbocycles. The second-order valence-corrected chi connectivity index (χ2v) is 5.65. The summed E-state index contributed by atoms with van der Waals surface area (Å²) in [4.78, 5) is 0. The number of benzene rings is 3. The molecule has 0 saturated carbocycles. The van der Waals surface area contributed by atoms with Crippen LogP contribution in [0.1, 0.15) is 16.7 Å². The highest BCUT2D eigenvalue weighted by molar-refractivity contribution is 5.83. The van der Waals surface area contributed by atoms with Crippen LogP contribution in [0.5, 0.6) is 0 Å². The van der Waals surface area contributed by atoms with E-state index in [1.54, 1.807) is 30.6 Å². The molecule has 3 aromatic rings. The van der Waals surface area contributed by atoms with Crippen molar-refractivity contribution in [3.63, 3.8) is 0 Å². The largest absolute Gasteiger partial charge is 0.207 e. The van der Waals surface area contributed by atoms with Gasteiger partial charge in [0.1, 0.15) is 11.6 Å². The quantitative estimate of drug-likeness (QED) is 0.451. The summed E-state index contributed by atoms with van der Waals surface area (Å²) >= 11 is 0. The van der Waals surface area contributed by atoms with Crippen molar-refractivity contribution in [1.29, 1.82) is 0 Å². The van der Waals surface area contributed by atoms with E-state index in [9.17, 15) is 8.78 Å².